The molecule has 23 heavy (non-hydrogen) atoms. The van der Waals surface area contributed by atoms with Crippen molar-refractivity contribution in [1.82, 2.24) is 9.29 Å². The molecule has 0 atom stereocenters. The van der Waals surface area contributed by atoms with Crippen molar-refractivity contribution in [3.8, 4) is 0 Å². The van der Waals surface area contributed by atoms with Gasteiger partial charge in [-0.15, -0.1) is 11.8 Å². The van der Waals surface area contributed by atoms with E-state index in [1.165, 1.54) is 17.3 Å². The normalized spacial score (nSPS) is 15.9. The summed E-state index contributed by atoms with van der Waals surface area (Å²) in [6, 6.07) is 11.7. The van der Waals surface area contributed by atoms with Crippen molar-refractivity contribution in [3.63, 3.8) is 0 Å². The highest BCUT2D eigenvalue weighted by Crippen LogP contribution is 2.25. The topological polar surface area (TPSA) is 50.3 Å². The van der Waals surface area contributed by atoms with E-state index >= 15 is 0 Å². The maximum atomic E-state index is 12.4. The molecule has 0 saturated carbocycles. The van der Waals surface area contributed by atoms with E-state index in [1.54, 1.807) is 28.2 Å². The summed E-state index contributed by atoms with van der Waals surface area (Å²) in [7, 11) is -3.37. The predicted molar refractivity (Wildman–Crippen MR) is 93.0 cm³/mol. The van der Waals surface area contributed by atoms with Crippen LogP contribution in [-0.4, -0.2) is 30.8 Å². The number of benzene rings is 1. The summed E-state index contributed by atoms with van der Waals surface area (Å²) in [4.78, 5) is 4.61. The lowest BCUT2D eigenvalue weighted by Crippen LogP contribution is -2.27. The van der Waals surface area contributed by atoms with E-state index in [4.69, 9.17) is 0 Å². The molecule has 4 nitrogen and oxygen atoms in total. The molecule has 122 valence electrons. The fourth-order valence-corrected chi connectivity index (χ4v) is 4.99. The number of sulfonamides is 1. The van der Waals surface area contributed by atoms with Crippen molar-refractivity contribution in [2.24, 2.45) is 0 Å². The molecule has 0 N–H and O–H groups in total. The van der Waals surface area contributed by atoms with Gasteiger partial charge in [0.2, 0.25) is 10.0 Å². The number of thioether (sulfide) groups is 1. The van der Waals surface area contributed by atoms with Crippen LogP contribution in [0.2, 0.25) is 0 Å². The molecule has 1 aliphatic rings. The average Bonchev–Trinajstić information content (AvgIpc) is 3.10. The smallest absolute Gasteiger partial charge is 0.244 e. The quantitative estimate of drug-likeness (QED) is 0.777. The molecule has 0 unspecified atom stereocenters. The lowest BCUT2D eigenvalue weighted by Gasteiger charge is -2.15. The first-order chi connectivity index (χ1) is 11.1. The predicted octanol–water partition coefficient (Wildman–Crippen LogP) is 3.47. The van der Waals surface area contributed by atoms with E-state index in [0.29, 0.717) is 18.0 Å². The highest BCUT2D eigenvalue weighted by atomic mass is 32.2. The van der Waals surface area contributed by atoms with Crippen LogP contribution in [0.25, 0.3) is 0 Å². The van der Waals surface area contributed by atoms with Crippen molar-refractivity contribution < 1.29 is 8.42 Å². The molecule has 1 fully saturated rings. The second-order valence-electron chi connectivity index (χ2n) is 5.66. The molecule has 3 rings (SSSR count). The molecule has 1 aliphatic heterocycles. The van der Waals surface area contributed by atoms with Gasteiger partial charge in [-0.3, -0.25) is 0 Å². The van der Waals surface area contributed by atoms with Gasteiger partial charge in [-0.2, -0.15) is 4.31 Å². The van der Waals surface area contributed by atoms with Gasteiger partial charge in [-0.05, 0) is 43.0 Å². The monoisotopic (exact) mass is 348 g/mol. The lowest BCUT2D eigenvalue weighted by molar-refractivity contribution is 0.477. The first-order valence-electron chi connectivity index (χ1n) is 7.71. The fraction of sp³-hybridized carbons (Fsp3) is 0.353. The van der Waals surface area contributed by atoms with Crippen LogP contribution in [-0.2, 0) is 15.8 Å². The van der Waals surface area contributed by atoms with Gasteiger partial charge in [-0.25, -0.2) is 13.4 Å². The molecule has 0 radical (unpaired) electrons. The van der Waals surface area contributed by atoms with Gasteiger partial charge in [0.1, 0.15) is 4.90 Å². The van der Waals surface area contributed by atoms with E-state index < -0.39 is 10.0 Å². The number of aryl methyl sites for hydroxylation is 1. The first kappa shape index (κ1) is 16.5. The molecular formula is C17H20N2O2S2. The molecular weight excluding hydrogens is 328 g/mol. The van der Waals surface area contributed by atoms with Gasteiger partial charge in [0.05, 0.1) is 5.03 Å². The Morgan fingerprint density at radius 2 is 1.87 bits per heavy atom. The SMILES string of the molecule is Cc1ccccc1CSc1ccc(S(=O)(=O)N2CCCC2)cn1. The van der Waals surface area contributed by atoms with Gasteiger partial charge >= 0.3 is 0 Å². The average molecular weight is 348 g/mol. The van der Waals surface area contributed by atoms with Crippen molar-refractivity contribution >= 4 is 21.8 Å². The van der Waals surface area contributed by atoms with Gasteiger partial charge in [0.25, 0.3) is 0 Å². The summed E-state index contributed by atoms with van der Waals surface area (Å²) in [5, 5.41) is 0.841. The van der Waals surface area contributed by atoms with Crippen molar-refractivity contribution in [2.75, 3.05) is 13.1 Å². The summed E-state index contributed by atoms with van der Waals surface area (Å²) in [6.07, 6.45) is 3.36. The Morgan fingerprint density at radius 1 is 1.13 bits per heavy atom. The summed E-state index contributed by atoms with van der Waals surface area (Å²) < 4.78 is 26.4. The van der Waals surface area contributed by atoms with Gasteiger partial charge in [0, 0.05) is 25.0 Å². The molecule has 2 aromatic rings. The van der Waals surface area contributed by atoms with Crippen LogP contribution in [0.5, 0.6) is 0 Å². The number of aromatic nitrogens is 1. The molecule has 1 aromatic heterocycles. The second-order valence-corrected chi connectivity index (χ2v) is 8.59. The second kappa shape index (κ2) is 7.03. The van der Waals surface area contributed by atoms with E-state index in [1.807, 2.05) is 12.1 Å². The van der Waals surface area contributed by atoms with Gasteiger partial charge in [0.15, 0.2) is 0 Å². The number of rotatable bonds is 5. The Bertz CT molecular complexity index is 767. The van der Waals surface area contributed by atoms with Gasteiger partial charge < -0.3 is 0 Å². The van der Waals surface area contributed by atoms with Crippen molar-refractivity contribution in [3.05, 3.63) is 53.7 Å². The zero-order chi connectivity index (χ0) is 16.3. The summed E-state index contributed by atoms with van der Waals surface area (Å²) in [5.74, 6) is 0.831. The fourth-order valence-electron chi connectivity index (χ4n) is 2.61. The highest BCUT2D eigenvalue weighted by Gasteiger charge is 2.27. The molecule has 1 saturated heterocycles. The first-order valence-corrected chi connectivity index (χ1v) is 10.1. The van der Waals surface area contributed by atoms with Crippen LogP contribution in [0, 0.1) is 6.92 Å². The Labute approximate surface area is 142 Å². The minimum absolute atomic E-state index is 0.291. The zero-order valence-electron chi connectivity index (χ0n) is 13.1. The molecule has 0 aliphatic carbocycles. The summed E-state index contributed by atoms with van der Waals surface area (Å²) in [5.41, 5.74) is 2.53. The number of nitrogens with zero attached hydrogens (tertiary/aromatic N) is 2. The third-order valence-electron chi connectivity index (χ3n) is 4.05. The summed E-state index contributed by atoms with van der Waals surface area (Å²) in [6.45, 7) is 3.33. The molecule has 0 amide bonds. The number of hydrogen-bond acceptors (Lipinski definition) is 4. The minimum Gasteiger partial charge on any atom is -0.249 e. The van der Waals surface area contributed by atoms with Crippen LogP contribution < -0.4 is 0 Å². The van der Waals surface area contributed by atoms with Crippen LogP contribution in [0.3, 0.4) is 0 Å². The van der Waals surface area contributed by atoms with Gasteiger partial charge in [-0.1, -0.05) is 24.3 Å². The Kier molecular flexibility index (Phi) is 5.04. The van der Waals surface area contributed by atoms with Crippen LogP contribution in [0.4, 0.5) is 0 Å². The number of pyridine rings is 1. The minimum atomic E-state index is -3.37. The molecule has 0 bridgehead atoms. The van der Waals surface area contributed by atoms with Crippen LogP contribution in [0.1, 0.15) is 24.0 Å². The maximum Gasteiger partial charge on any atom is 0.244 e. The van der Waals surface area contributed by atoms with E-state index in [9.17, 15) is 8.42 Å². The molecule has 6 heteroatoms. The third-order valence-corrected chi connectivity index (χ3v) is 6.92. The van der Waals surface area contributed by atoms with Crippen molar-refractivity contribution in [1.29, 1.82) is 0 Å². The Morgan fingerprint density at radius 3 is 2.52 bits per heavy atom. The third kappa shape index (κ3) is 3.76. The highest BCUT2D eigenvalue weighted by molar-refractivity contribution is 7.98. The summed E-state index contributed by atoms with van der Waals surface area (Å²) >= 11 is 1.62. The molecule has 1 aromatic carbocycles. The lowest BCUT2D eigenvalue weighted by atomic mass is 10.1. The van der Waals surface area contributed by atoms with Crippen molar-refractivity contribution in [2.45, 2.75) is 35.4 Å². The van der Waals surface area contributed by atoms with Crippen LogP contribution >= 0.6 is 11.8 Å². The Balaban J connectivity index is 1.69. The van der Waals surface area contributed by atoms with E-state index in [-0.39, 0.29) is 0 Å². The number of hydrogen-bond donors (Lipinski definition) is 0. The molecule has 2 heterocycles. The van der Waals surface area contributed by atoms with E-state index in [2.05, 4.69) is 24.0 Å². The van der Waals surface area contributed by atoms with E-state index in [0.717, 1.165) is 23.6 Å². The standard InChI is InChI=1S/C17H20N2O2S2/c1-14-6-2-3-7-15(14)13-22-17-9-8-16(12-18-17)23(20,21)19-10-4-5-11-19/h2-3,6-9,12H,4-5,10-11,13H2,1H3. The Hall–Kier alpha value is -1.37. The van der Waals surface area contributed by atoms with Crippen LogP contribution in [0.15, 0.2) is 52.5 Å². The largest absolute Gasteiger partial charge is 0.249 e. The molecule has 0 spiro atoms. The zero-order valence-corrected chi connectivity index (χ0v) is 14.7. The maximum absolute atomic E-state index is 12.4.